The van der Waals surface area contributed by atoms with Gasteiger partial charge in [0, 0.05) is 12.1 Å². The quantitative estimate of drug-likeness (QED) is 0.787. The summed E-state index contributed by atoms with van der Waals surface area (Å²) < 4.78 is 14.0. The van der Waals surface area contributed by atoms with Gasteiger partial charge in [-0.3, -0.25) is 0 Å². The van der Waals surface area contributed by atoms with Crippen LogP contribution in [-0.4, -0.2) is 4.98 Å². The molecule has 0 aliphatic rings. The molecular formula is C16H13FN2S. The third-order valence-electron chi connectivity index (χ3n) is 3.01. The number of nitrogens with two attached hydrogens (primary N) is 1. The van der Waals surface area contributed by atoms with Gasteiger partial charge in [0.25, 0.3) is 0 Å². The van der Waals surface area contributed by atoms with Crippen molar-refractivity contribution < 1.29 is 4.39 Å². The lowest BCUT2D eigenvalue weighted by atomic mass is 10.1. The van der Waals surface area contributed by atoms with Crippen LogP contribution in [0, 0.1) is 5.82 Å². The Morgan fingerprint density at radius 3 is 2.40 bits per heavy atom. The van der Waals surface area contributed by atoms with Crippen molar-refractivity contribution in [3.63, 3.8) is 0 Å². The molecular weight excluding hydrogens is 271 g/mol. The van der Waals surface area contributed by atoms with E-state index in [1.54, 1.807) is 12.1 Å². The highest BCUT2D eigenvalue weighted by Crippen LogP contribution is 2.37. The molecule has 2 nitrogen and oxygen atoms in total. The van der Waals surface area contributed by atoms with Gasteiger partial charge in [0.05, 0.1) is 10.6 Å². The van der Waals surface area contributed by atoms with Crippen LogP contribution in [0.15, 0.2) is 54.6 Å². The summed E-state index contributed by atoms with van der Waals surface area (Å²) in [5.74, 6) is -0.265. The number of aromatic nitrogens is 1. The molecule has 0 fully saturated rings. The summed E-state index contributed by atoms with van der Waals surface area (Å²) in [4.78, 5) is 5.44. The first kappa shape index (κ1) is 13.0. The molecule has 100 valence electrons. The van der Waals surface area contributed by atoms with Gasteiger partial charge in [-0.2, -0.15) is 0 Å². The third kappa shape index (κ3) is 2.35. The third-order valence-corrected chi connectivity index (χ3v) is 4.14. The zero-order valence-electron chi connectivity index (χ0n) is 10.7. The minimum atomic E-state index is -0.265. The molecule has 0 bridgehead atoms. The lowest BCUT2D eigenvalue weighted by Gasteiger charge is -2.03. The summed E-state index contributed by atoms with van der Waals surface area (Å²) in [6.07, 6.45) is 0. The molecule has 0 spiro atoms. The fourth-order valence-electron chi connectivity index (χ4n) is 2.07. The van der Waals surface area contributed by atoms with Crippen molar-refractivity contribution in [2.45, 2.75) is 6.54 Å². The van der Waals surface area contributed by atoms with E-state index in [1.165, 1.54) is 17.4 Å². The fourth-order valence-corrected chi connectivity index (χ4v) is 3.03. The van der Waals surface area contributed by atoms with Crippen molar-refractivity contribution in [2.75, 3.05) is 0 Å². The minimum absolute atomic E-state index is 0.265. The molecule has 2 N–H and O–H groups in total. The first-order valence-electron chi connectivity index (χ1n) is 6.29. The van der Waals surface area contributed by atoms with Crippen LogP contribution in [0.5, 0.6) is 0 Å². The molecule has 2 aromatic carbocycles. The number of nitrogens with zero attached hydrogens (tertiary/aromatic N) is 1. The molecule has 0 saturated carbocycles. The number of hydrogen-bond acceptors (Lipinski definition) is 3. The highest BCUT2D eigenvalue weighted by atomic mass is 32.1. The SMILES string of the molecule is NCc1nc(-c2ccccc2F)c(-c2ccccc2)s1. The van der Waals surface area contributed by atoms with E-state index >= 15 is 0 Å². The standard InChI is InChI=1S/C16H13FN2S/c17-13-9-5-4-8-12(13)15-16(20-14(10-18)19-15)11-6-2-1-3-7-11/h1-9H,10,18H2. The van der Waals surface area contributed by atoms with Gasteiger partial charge < -0.3 is 5.73 Å². The molecule has 3 rings (SSSR count). The Hall–Kier alpha value is -2.04. The second-order valence-corrected chi connectivity index (χ2v) is 5.42. The van der Waals surface area contributed by atoms with Gasteiger partial charge in [-0.1, -0.05) is 42.5 Å². The molecule has 1 aromatic heterocycles. The van der Waals surface area contributed by atoms with Crippen molar-refractivity contribution in [3.8, 4) is 21.7 Å². The van der Waals surface area contributed by atoms with Crippen molar-refractivity contribution in [3.05, 3.63) is 65.4 Å². The van der Waals surface area contributed by atoms with Crippen molar-refractivity contribution >= 4 is 11.3 Å². The van der Waals surface area contributed by atoms with Gasteiger partial charge in [0.15, 0.2) is 0 Å². The molecule has 0 saturated heterocycles. The van der Waals surface area contributed by atoms with E-state index in [1.807, 2.05) is 36.4 Å². The fraction of sp³-hybridized carbons (Fsp3) is 0.0625. The minimum Gasteiger partial charge on any atom is -0.325 e. The lowest BCUT2D eigenvalue weighted by Crippen LogP contribution is -1.95. The van der Waals surface area contributed by atoms with E-state index in [0.29, 0.717) is 17.8 Å². The first-order chi connectivity index (χ1) is 9.79. The van der Waals surface area contributed by atoms with Crippen molar-refractivity contribution in [1.82, 2.24) is 4.98 Å². The zero-order valence-corrected chi connectivity index (χ0v) is 11.5. The molecule has 0 aliphatic carbocycles. The Morgan fingerprint density at radius 2 is 1.70 bits per heavy atom. The average Bonchev–Trinajstić information content (AvgIpc) is 2.93. The van der Waals surface area contributed by atoms with Gasteiger partial charge in [-0.15, -0.1) is 11.3 Å². The molecule has 0 unspecified atom stereocenters. The van der Waals surface area contributed by atoms with Crippen LogP contribution in [0.25, 0.3) is 21.7 Å². The maximum Gasteiger partial charge on any atom is 0.132 e. The Morgan fingerprint density at radius 1 is 1.00 bits per heavy atom. The van der Waals surface area contributed by atoms with Gasteiger partial charge in [0.1, 0.15) is 10.8 Å². The van der Waals surface area contributed by atoms with E-state index in [2.05, 4.69) is 4.98 Å². The molecule has 1 heterocycles. The van der Waals surface area contributed by atoms with E-state index in [-0.39, 0.29) is 5.82 Å². The first-order valence-corrected chi connectivity index (χ1v) is 7.11. The molecule has 3 aromatic rings. The van der Waals surface area contributed by atoms with Crippen LogP contribution >= 0.6 is 11.3 Å². The summed E-state index contributed by atoms with van der Waals surface area (Å²) in [7, 11) is 0. The van der Waals surface area contributed by atoms with Gasteiger partial charge in [-0.05, 0) is 17.7 Å². The molecule has 0 aliphatic heterocycles. The van der Waals surface area contributed by atoms with Crippen molar-refractivity contribution in [1.29, 1.82) is 0 Å². The summed E-state index contributed by atoms with van der Waals surface area (Å²) in [5, 5.41) is 0.808. The van der Waals surface area contributed by atoms with E-state index in [9.17, 15) is 4.39 Å². The summed E-state index contributed by atoms with van der Waals surface area (Å²) >= 11 is 1.51. The monoisotopic (exact) mass is 284 g/mol. The van der Waals surface area contributed by atoms with Crippen LogP contribution in [0.1, 0.15) is 5.01 Å². The lowest BCUT2D eigenvalue weighted by molar-refractivity contribution is 0.631. The van der Waals surface area contributed by atoms with Gasteiger partial charge in [-0.25, -0.2) is 9.37 Å². The van der Waals surface area contributed by atoms with Crippen LogP contribution in [-0.2, 0) is 6.54 Å². The highest BCUT2D eigenvalue weighted by molar-refractivity contribution is 7.15. The highest BCUT2D eigenvalue weighted by Gasteiger charge is 2.16. The summed E-state index contributed by atoms with van der Waals surface area (Å²) in [6, 6.07) is 16.6. The number of benzene rings is 2. The molecule has 0 atom stereocenters. The predicted octanol–water partition coefficient (Wildman–Crippen LogP) is 4.07. The van der Waals surface area contributed by atoms with Crippen LogP contribution in [0.3, 0.4) is 0 Å². The summed E-state index contributed by atoms with van der Waals surface area (Å²) in [6.45, 7) is 0.360. The van der Waals surface area contributed by atoms with Crippen LogP contribution in [0.2, 0.25) is 0 Å². The Bertz CT molecular complexity index is 722. The Balaban J connectivity index is 2.21. The number of rotatable bonds is 3. The predicted molar refractivity (Wildman–Crippen MR) is 80.8 cm³/mol. The molecule has 0 radical (unpaired) electrons. The average molecular weight is 284 g/mol. The number of halogens is 1. The largest absolute Gasteiger partial charge is 0.325 e. The molecule has 4 heteroatoms. The molecule has 20 heavy (non-hydrogen) atoms. The summed E-state index contributed by atoms with van der Waals surface area (Å²) in [5.41, 5.74) is 7.89. The smallest absolute Gasteiger partial charge is 0.132 e. The van der Waals surface area contributed by atoms with Crippen LogP contribution in [0.4, 0.5) is 4.39 Å². The van der Waals surface area contributed by atoms with Gasteiger partial charge in [0.2, 0.25) is 0 Å². The van der Waals surface area contributed by atoms with E-state index in [4.69, 9.17) is 5.73 Å². The Labute approximate surface area is 120 Å². The normalized spacial score (nSPS) is 10.7. The topological polar surface area (TPSA) is 38.9 Å². The van der Waals surface area contributed by atoms with E-state index < -0.39 is 0 Å². The zero-order chi connectivity index (χ0) is 13.9. The van der Waals surface area contributed by atoms with Crippen molar-refractivity contribution in [2.24, 2.45) is 5.73 Å². The van der Waals surface area contributed by atoms with Gasteiger partial charge >= 0.3 is 0 Å². The molecule has 0 amide bonds. The number of hydrogen-bond donors (Lipinski definition) is 1. The number of thiazole rings is 1. The van der Waals surface area contributed by atoms with E-state index in [0.717, 1.165) is 15.4 Å². The maximum absolute atomic E-state index is 14.0. The van der Waals surface area contributed by atoms with Crippen LogP contribution < -0.4 is 5.73 Å². The second kappa shape index (κ2) is 5.53. The maximum atomic E-state index is 14.0. The second-order valence-electron chi connectivity index (χ2n) is 4.34. The Kier molecular flexibility index (Phi) is 3.58.